The monoisotopic (exact) mass is 352 g/mol. The van der Waals surface area contributed by atoms with E-state index in [2.05, 4.69) is 4.98 Å². The van der Waals surface area contributed by atoms with Crippen LogP contribution in [0.5, 0.6) is 5.88 Å². The second-order valence-corrected chi connectivity index (χ2v) is 8.73. The molecule has 0 bridgehead atoms. The molecule has 2 fully saturated rings. The Bertz CT molecular complexity index is 698. The highest BCUT2D eigenvalue weighted by Gasteiger charge is 2.40. The molecule has 1 aliphatic carbocycles. The lowest BCUT2D eigenvalue weighted by atomic mass is 10.1. The van der Waals surface area contributed by atoms with Crippen LogP contribution < -0.4 is 4.74 Å². The number of aromatic nitrogens is 1. The summed E-state index contributed by atoms with van der Waals surface area (Å²) in [6, 6.07) is 3.31. The molecule has 132 valence electrons. The van der Waals surface area contributed by atoms with Crippen molar-refractivity contribution < 1.29 is 17.9 Å². The van der Waals surface area contributed by atoms with Gasteiger partial charge in [-0.3, -0.25) is 4.79 Å². The summed E-state index contributed by atoms with van der Waals surface area (Å²) < 4.78 is 29.3. The number of hydrogen-bond donors (Lipinski definition) is 0. The van der Waals surface area contributed by atoms with E-state index in [4.69, 9.17) is 4.74 Å². The molecule has 7 heteroatoms. The van der Waals surface area contributed by atoms with Gasteiger partial charge < -0.3 is 9.64 Å². The first-order chi connectivity index (χ1) is 11.5. The maximum Gasteiger partial charge on any atom is 0.259 e. The van der Waals surface area contributed by atoms with Gasteiger partial charge in [-0.05, 0) is 38.3 Å². The van der Waals surface area contributed by atoms with Gasteiger partial charge in [0.1, 0.15) is 5.56 Å². The average Bonchev–Trinajstić information content (AvgIpc) is 3.18. The van der Waals surface area contributed by atoms with E-state index in [1.165, 1.54) is 0 Å². The van der Waals surface area contributed by atoms with E-state index in [0.29, 0.717) is 24.5 Å². The Morgan fingerprint density at radius 2 is 2.04 bits per heavy atom. The predicted molar refractivity (Wildman–Crippen MR) is 90.9 cm³/mol. The van der Waals surface area contributed by atoms with Crippen LogP contribution in [0.1, 0.15) is 49.4 Å². The number of carbonyl (C=O) groups is 1. The van der Waals surface area contributed by atoms with Gasteiger partial charge in [-0.2, -0.15) is 0 Å². The number of rotatable bonds is 5. The van der Waals surface area contributed by atoms with Gasteiger partial charge in [0.05, 0.1) is 18.1 Å². The molecule has 1 saturated carbocycles. The second-order valence-electron chi connectivity index (χ2n) is 6.50. The van der Waals surface area contributed by atoms with Crippen LogP contribution in [0.2, 0.25) is 0 Å². The molecule has 0 N–H and O–H groups in total. The zero-order valence-electron chi connectivity index (χ0n) is 14.0. The average molecular weight is 352 g/mol. The summed E-state index contributed by atoms with van der Waals surface area (Å²) in [5, 5.41) is 0. The summed E-state index contributed by atoms with van der Waals surface area (Å²) >= 11 is 0. The van der Waals surface area contributed by atoms with Crippen molar-refractivity contribution in [3.05, 3.63) is 23.9 Å². The summed E-state index contributed by atoms with van der Waals surface area (Å²) in [6.07, 6.45) is 6.16. The van der Waals surface area contributed by atoms with Crippen molar-refractivity contribution in [3.63, 3.8) is 0 Å². The first-order valence-electron chi connectivity index (χ1n) is 8.62. The maximum absolute atomic E-state index is 13.2. The van der Waals surface area contributed by atoms with E-state index in [1.807, 2.05) is 11.8 Å². The first kappa shape index (κ1) is 17.2. The number of amides is 1. The molecule has 0 radical (unpaired) electrons. The Kier molecular flexibility index (Phi) is 5.08. The summed E-state index contributed by atoms with van der Waals surface area (Å²) in [4.78, 5) is 19.2. The van der Waals surface area contributed by atoms with Gasteiger partial charge in [-0.25, -0.2) is 13.4 Å². The van der Waals surface area contributed by atoms with Crippen molar-refractivity contribution in [3.8, 4) is 5.88 Å². The minimum absolute atomic E-state index is 0.0689. The van der Waals surface area contributed by atoms with Gasteiger partial charge in [0.25, 0.3) is 5.91 Å². The highest BCUT2D eigenvalue weighted by molar-refractivity contribution is 7.91. The molecular formula is C17H24N2O4S. The molecule has 0 spiro atoms. The zero-order chi connectivity index (χ0) is 17.2. The fourth-order valence-electron chi connectivity index (χ4n) is 3.75. The normalized spacial score (nSPS) is 23.3. The van der Waals surface area contributed by atoms with Crippen LogP contribution in [0.4, 0.5) is 0 Å². The number of ether oxygens (including phenoxy) is 1. The quantitative estimate of drug-likeness (QED) is 0.811. The molecule has 1 aromatic heterocycles. The standard InChI is InChI=1S/C17H24N2O4S/c1-2-23-16-15(8-5-10-18-16)17(20)19(13-6-3-4-7-13)14-9-11-24(21,22)12-14/h5,8,10,13-14H,2-4,6-7,9,11-12H2,1H3. The van der Waals surface area contributed by atoms with Gasteiger partial charge in [0, 0.05) is 18.3 Å². The Balaban J connectivity index is 1.92. The van der Waals surface area contributed by atoms with Gasteiger partial charge >= 0.3 is 0 Å². The first-order valence-corrected chi connectivity index (χ1v) is 10.4. The minimum atomic E-state index is -3.05. The molecule has 6 nitrogen and oxygen atoms in total. The van der Waals surface area contributed by atoms with Crippen LogP contribution >= 0.6 is 0 Å². The van der Waals surface area contributed by atoms with Crippen molar-refractivity contribution >= 4 is 15.7 Å². The highest BCUT2D eigenvalue weighted by Crippen LogP contribution is 2.31. The van der Waals surface area contributed by atoms with Crippen molar-refractivity contribution in [2.24, 2.45) is 0 Å². The van der Waals surface area contributed by atoms with E-state index in [1.54, 1.807) is 18.3 Å². The number of carbonyl (C=O) groups excluding carboxylic acids is 1. The lowest BCUT2D eigenvalue weighted by Crippen LogP contribution is -2.47. The third-order valence-electron chi connectivity index (χ3n) is 4.84. The molecule has 2 heterocycles. The van der Waals surface area contributed by atoms with Gasteiger partial charge in [-0.1, -0.05) is 12.8 Å². The number of nitrogens with zero attached hydrogens (tertiary/aromatic N) is 2. The Labute approximate surface area is 143 Å². The lowest BCUT2D eigenvalue weighted by Gasteiger charge is -2.34. The van der Waals surface area contributed by atoms with Crippen LogP contribution in [0.25, 0.3) is 0 Å². The molecule has 1 aromatic rings. The summed E-state index contributed by atoms with van der Waals surface area (Å²) in [6.45, 7) is 2.28. The lowest BCUT2D eigenvalue weighted by molar-refractivity contribution is 0.0596. The Morgan fingerprint density at radius 3 is 2.67 bits per heavy atom. The van der Waals surface area contributed by atoms with Gasteiger partial charge in [0.2, 0.25) is 5.88 Å². The van der Waals surface area contributed by atoms with E-state index in [0.717, 1.165) is 25.7 Å². The fourth-order valence-corrected chi connectivity index (χ4v) is 5.46. The molecule has 2 aliphatic rings. The van der Waals surface area contributed by atoms with Crippen LogP contribution in [0.15, 0.2) is 18.3 Å². The predicted octanol–water partition coefficient (Wildman–Crippen LogP) is 2.05. The van der Waals surface area contributed by atoms with E-state index < -0.39 is 9.84 Å². The number of pyridine rings is 1. The van der Waals surface area contributed by atoms with E-state index in [-0.39, 0.29) is 29.5 Å². The van der Waals surface area contributed by atoms with Gasteiger partial charge in [0.15, 0.2) is 9.84 Å². The van der Waals surface area contributed by atoms with E-state index in [9.17, 15) is 13.2 Å². The van der Waals surface area contributed by atoms with E-state index >= 15 is 0 Å². The summed E-state index contributed by atoms with van der Waals surface area (Å²) in [5.41, 5.74) is 0.426. The molecule has 0 aromatic carbocycles. The number of hydrogen-bond acceptors (Lipinski definition) is 5. The van der Waals surface area contributed by atoms with Crippen LogP contribution in [0.3, 0.4) is 0 Å². The summed E-state index contributed by atoms with van der Waals surface area (Å²) in [7, 11) is -3.05. The minimum Gasteiger partial charge on any atom is -0.477 e. The van der Waals surface area contributed by atoms with Crippen molar-refractivity contribution in [2.75, 3.05) is 18.1 Å². The van der Waals surface area contributed by atoms with Crippen LogP contribution in [-0.2, 0) is 9.84 Å². The number of sulfone groups is 1. The molecule has 1 aliphatic heterocycles. The van der Waals surface area contributed by atoms with Crippen LogP contribution in [-0.4, -0.2) is 54.4 Å². The second kappa shape index (κ2) is 7.09. The van der Waals surface area contributed by atoms with Crippen molar-refractivity contribution in [1.82, 2.24) is 9.88 Å². The molecular weight excluding hydrogens is 328 g/mol. The zero-order valence-corrected chi connectivity index (χ0v) is 14.8. The topological polar surface area (TPSA) is 76.6 Å². The Hall–Kier alpha value is -1.63. The third-order valence-corrected chi connectivity index (χ3v) is 6.59. The smallest absolute Gasteiger partial charge is 0.259 e. The fraction of sp³-hybridized carbons (Fsp3) is 0.647. The molecule has 1 amide bonds. The van der Waals surface area contributed by atoms with Crippen molar-refractivity contribution in [2.45, 2.75) is 51.1 Å². The molecule has 24 heavy (non-hydrogen) atoms. The highest BCUT2D eigenvalue weighted by atomic mass is 32.2. The van der Waals surface area contributed by atoms with Crippen LogP contribution in [0, 0.1) is 0 Å². The maximum atomic E-state index is 13.2. The molecule has 1 saturated heterocycles. The molecule has 3 rings (SSSR count). The molecule has 1 atom stereocenters. The largest absolute Gasteiger partial charge is 0.477 e. The van der Waals surface area contributed by atoms with Crippen molar-refractivity contribution in [1.29, 1.82) is 0 Å². The SMILES string of the molecule is CCOc1ncccc1C(=O)N(C1CCCC1)C1CCS(=O)(=O)C1. The third kappa shape index (κ3) is 3.55. The Morgan fingerprint density at radius 1 is 1.29 bits per heavy atom. The summed E-state index contributed by atoms with van der Waals surface area (Å²) in [5.74, 6) is 0.410. The molecule has 1 unspecified atom stereocenters. The van der Waals surface area contributed by atoms with Gasteiger partial charge in [-0.15, -0.1) is 0 Å².